The van der Waals surface area contributed by atoms with E-state index in [2.05, 4.69) is 5.32 Å². The van der Waals surface area contributed by atoms with Crippen LogP contribution in [0.25, 0.3) is 0 Å². The molecule has 19 heavy (non-hydrogen) atoms. The Balaban J connectivity index is 1.63. The van der Waals surface area contributed by atoms with Gasteiger partial charge in [0, 0.05) is 12.2 Å². The standard InChI is InChI=1S/C16H21NO2/c1-10-8-13(6-7-14(10)16(18)19)17-9-15(11-2-3-11)12-4-5-12/h6-8,11-12,15,17H,2-5,9H2,1H3,(H,18,19). The predicted octanol–water partition coefficient (Wildman–Crippen LogP) is 3.54. The van der Waals surface area contributed by atoms with Gasteiger partial charge in [-0.15, -0.1) is 0 Å². The number of carboxylic acids is 1. The first-order valence-electron chi connectivity index (χ1n) is 7.23. The highest BCUT2D eigenvalue weighted by atomic mass is 16.4. The van der Waals surface area contributed by atoms with E-state index in [1.54, 1.807) is 6.07 Å². The Morgan fingerprint density at radius 3 is 2.42 bits per heavy atom. The van der Waals surface area contributed by atoms with Gasteiger partial charge < -0.3 is 10.4 Å². The van der Waals surface area contributed by atoms with E-state index in [4.69, 9.17) is 5.11 Å². The molecule has 102 valence electrons. The molecule has 0 radical (unpaired) electrons. The third kappa shape index (κ3) is 2.91. The van der Waals surface area contributed by atoms with Gasteiger partial charge in [0.05, 0.1) is 5.56 Å². The molecule has 0 spiro atoms. The highest BCUT2D eigenvalue weighted by Crippen LogP contribution is 2.49. The fraction of sp³-hybridized carbons (Fsp3) is 0.562. The second-order valence-corrected chi connectivity index (χ2v) is 6.05. The van der Waals surface area contributed by atoms with E-state index in [1.807, 2.05) is 19.1 Å². The van der Waals surface area contributed by atoms with Crippen LogP contribution in [-0.2, 0) is 0 Å². The molecule has 2 N–H and O–H groups in total. The minimum atomic E-state index is -0.849. The maximum atomic E-state index is 11.0. The summed E-state index contributed by atoms with van der Waals surface area (Å²) < 4.78 is 0. The van der Waals surface area contributed by atoms with Gasteiger partial charge in [-0.25, -0.2) is 4.79 Å². The molecule has 0 amide bonds. The molecule has 1 aromatic carbocycles. The molecule has 0 atom stereocenters. The van der Waals surface area contributed by atoms with Crippen LogP contribution in [0.2, 0.25) is 0 Å². The van der Waals surface area contributed by atoms with Crippen molar-refractivity contribution in [2.75, 3.05) is 11.9 Å². The van der Waals surface area contributed by atoms with Crippen molar-refractivity contribution in [3.8, 4) is 0 Å². The highest BCUT2D eigenvalue weighted by molar-refractivity contribution is 5.89. The third-order valence-electron chi connectivity index (χ3n) is 4.45. The number of benzene rings is 1. The maximum Gasteiger partial charge on any atom is 0.335 e. The lowest BCUT2D eigenvalue weighted by molar-refractivity contribution is 0.0696. The molecule has 2 aliphatic rings. The number of aromatic carboxylic acids is 1. The van der Waals surface area contributed by atoms with Crippen molar-refractivity contribution in [3.05, 3.63) is 29.3 Å². The first-order chi connectivity index (χ1) is 9.15. The lowest BCUT2D eigenvalue weighted by Crippen LogP contribution is -2.18. The summed E-state index contributed by atoms with van der Waals surface area (Å²) in [5.74, 6) is 1.87. The van der Waals surface area contributed by atoms with Crippen molar-refractivity contribution in [2.24, 2.45) is 17.8 Å². The van der Waals surface area contributed by atoms with Gasteiger partial charge in [-0.05, 0) is 74.1 Å². The summed E-state index contributed by atoms with van der Waals surface area (Å²) >= 11 is 0. The van der Waals surface area contributed by atoms with Crippen LogP contribution in [-0.4, -0.2) is 17.6 Å². The molecule has 2 fully saturated rings. The molecule has 3 heteroatoms. The van der Waals surface area contributed by atoms with Crippen LogP contribution in [0.3, 0.4) is 0 Å². The van der Waals surface area contributed by atoms with Crippen LogP contribution in [0.4, 0.5) is 5.69 Å². The molecule has 2 aliphatic carbocycles. The van der Waals surface area contributed by atoms with Crippen LogP contribution in [0, 0.1) is 24.7 Å². The Labute approximate surface area is 114 Å². The number of aryl methyl sites for hydroxylation is 1. The monoisotopic (exact) mass is 259 g/mol. The van der Waals surface area contributed by atoms with Gasteiger partial charge in [0.1, 0.15) is 0 Å². The van der Waals surface area contributed by atoms with Crippen molar-refractivity contribution < 1.29 is 9.90 Å². The first-order valence-corrected chi connectivity index (χ1v) is 7.23. The van der Waals surface area contributed by atoms with E-state index in [0.29, 0.717) is 5.56 Å². The lowest BCUT2D eigenvalue weighted by atomic mass is 9.97. The molecule has 0 aromatic heterocycles. The number of rotatable bonds is 6. The normalized spacial score (nSPS) is 18.6. The van der Waals surface area contributed by atoms with Crippen LogP contribution in [0.1, 0.15) is 41.6 Å². The van der Waals surface area contributed by atoms with Crippen molar-refractivity contribution in [3.63, 3.8) is 0 Å². The largest absolute Gasteiger partial charge is 0.478 e. The molecule has 1 aromatic rings. The molecular weight excluding hydrogens is 238 g/mol. The first kappa shape index (κ1) is 12.5. The summed E-state index contributed by atoms with van der Waals surface area (Å²) in [4.78, 5) is 11.0. The number of hydrogen-bond acceptors (Lipinski definition) is 2. The van der Waals surface area contributed by atoms with E-state index in [9.17, 15) is 4.79 Å². The predicted molar refractivity (Wildman–Crippen MR) is 75.6 cm³/mol. The number of nitrogens with one attached hydrogen (secondary N) is 1. The number of carboxylic acid groups (broad SMARTS) is 1. The van der Waals surface area contributed by atoms with Gasteiger partial charge in [-0.1, -0.05) is 0 Å². The Morgan fingerprint density at radius 2 is 1.95 bits per heavy atom. The van der Waals surface area contributed by atoms with Gasteiger partial charge in [0.15, 0.2) is 0 Å². The highest BCUT2D eigenvalue weighted by Gasteiger charge is 2.40. The Morgan fingerprint density at radius 1 is 1.32 bits per heavy atom. The van der Waals surface area contributed by atoms with E-state index < -0.39 is 5.97 Å². The Bertz CT molecular complexity index is 478. The molecule has 0 aliphatic heterocycles. The van der Waals surface area contributed by atoms with E-state index in [1.165, 1.54) is 25.7 Å². The van der Waals surface area contributed by atoms with Crippen LogP contribution < -0.4 is 5.32 Å². The van der Waals surface area contributed by atoms with Crippen molar-refractivity contribution in [1.29, 1.82) is 0 Å². The van der Waals surface area contributed by atoms with Crippen molar-refractivity contribution in [2.45, 2.75) is 32.6 Å². The van der Waals surface area contributed by atoms with Crippen LogP contribution in [0.5, 0.6) is 0 Å². The molecule has 3 nitrogen and oxygen atoms in total. The second kappa shape index (κ2) is 4.87. The number of hydrogen-bond donors (Lipinski definition) is 2. The average Bonchev–Trinajstić information content (AvgIpc) is 3.23. The second-order valence-electron chi connectivity index (χ2n) is 6.05. The topological polar surface area (TPSA) is 49.3 Å². The molecule has 0 unspecified atom stereocenters. The molecule has 0 heterocycles. The summed E-state index contributed by atoms with van der Waals surface area (Å²) in [7, 11) is 0. The maximum absolute atomic E-state index is 11.0. The minimum Gasteiger partial charge on any atom is -0.478 e. The average molecular weight is 259 g/mol. The third-order valence-corrected chi connectivity index (χ3v) is 4.45. The zero-order valence-corrected chi connectivity index (χ0v) is 11.4. The molecule has 0 saturated heterocycles. The Hall–Kier alpha value is -1.51. The number of anilines is 1. The van der Waals surface area contributed by atoms with Crippen LogP contribution >= 0.6 is 0 Å². The zero-order chi connectivity index (χ0) is 13.4. The molecule has 0 bridgehead atoms. The van der Waals surface area contributed by atoms with Gasteiger partial charge in [-0.3, -0.25) is 0 Å². The van der Waals surface area contributed by atoms with Gasteiger partial charge in [-0.2, -0.15) is 0 Å². The van der Waals surface area contributed by atoms with Crippen LogP contribution in [0.15, 0.2) is 18.2 Å². The quantitative estimate of drug-likeness (QED) is 0.821. The van der Waals surface area contributed by atoms with Gasteiger partial charge >= 0.3 is 5.97 Å². The lowest BCUT2D eigenvalue weighted by Gasteiger charge is -2.17. The van der Waals surface area contributed by atoms with Crippen molar-refractivity contribution >= 4 is 11.7 Å². The van der Waals surface area contributed by atoms with Gasteiger partial charge in [0.2, 0.25) is 0 Å². The summed E-state index contributed by atoms with van der Waals surface area (Å²) in [6.07, 6.45) is 5.61. The SMILES string of the molecule is Cc1cc(NCC(C2CC2)C2CC2)ccc1C(=O)O. The molecule has 3 rings (SSSR count). The fourth-order valence-electron chi connectivity index (χ4n) is 3.02. The zero-order valence-electron chi connectivity index (χ0n) is 11.4. The fourth-order valence-corrected chi connectivity index (χ4v) is 3.02. The molecular formula is C16H21NO2. The van der Waals surface area contributed by atoms with Gasteiger partial charge in [0.25, 0.3) is 0 Å². The Kier molecular flexibility index (Phi) is 3.21. The van der Waals surface area contributed by atoms with Crippen molar-refractivity contribution in [1.82, 2.24) is 0 Å². The summed E-state index contributed by atoms with van der Waals surface area (Å²) in [6, 6.07) is 5.52. The van der Waals surface area contributed by atoms with E-state index >= 15 is 0 Å². The number of carbonyl (C=O) groups is 1. The van der Waals surface area contributed by atoms with E-state index in [0.717, 1.165) is 35.5 Å². The van der Waals surface area contributed by atoms with E-state index in [-0.39, 0.29) is 0 Å². The molecule has 2 saturated carbocycles. The minimum absolute atomic E-state index is 0.395. The summed E-state index contributed by atoms with van der Waals surface area (Å²) in [5, 5.41) is 12.5. The smallest absolute Gasteiger partial charge is 0.335 e. The summed E-state index contributed by atoms with van der Waals surface area (Å²) in [6.45, 7) is 2.90. The summed E-state index contributed by atoms with van der Waals surface area (Å²) in [5.41, 5.74) is 2.27.